The second-order valence-corrected chi connectivity index (χ2v) is 3.69. The van der Waals surface area contributed by atoms with Gasteiger partial charge in [0.15, 0.2) is 0 Å². The molecule has 0 amide bonds. The molecule has 1 N–H and O–H groups in total. The molecule has 0 atom stereocenters. The van der Waals surface area contributed by atoms with Crippen molar-refractivity contribution in [1.82, 2.24) is 5.32 Å². The second kappa shape index (κ2) is 13.2. The minimum atomic E-state index is 0. The van der Waals surface area contributed by atoms with E-state index in [9.17, 15) is 0 Å². The van der Waals surface area contributed by atoms with Crippen LogP contribution in [-0.4, -0.2) is 16.5 Å². The van der Waals surface area contributed by atoms with Crippen LogP contribution < -0.4 is 34.9 Å². The van der Waals surface area contributed by atoms with Crippen LogP contribution in [0.5, 0.6) is 0 Å². The summed E-state index contributed by atoms with van der Waals surface area (Å²) in [6, 6.07) is 9.96. The first kappa shape index (κ1) is 18.5. The van der Waals surface area contributed by atoms with Crippen molar-refractivity contribution >= 4 is 46.5 Å². The Labute approximate surface area is 135 Å². The molecule has 6 heteroatoms. The molecule has 1 aromatic carbocycles. The van der Waals surface area contributed by atoms with Gasteiger partial charge in [-0.15, -0.1) is 0 Å². The molecule has 0 aliphatic heterocycles. The van der Waals surface area contributed by atoms with Crippen molar-refractivity contribution in [2.75, 3.05) is 7.05 Å². The van der Waals surface area contributed by atoms with E-state index in [2.05, 4.69) is 52.5 Å². The summed E-state index contributed by atoms with van der Waals surface area (Å²) in [5.74, 6) is 0. The van der Waals surface area contributed by atoms with Crippen molar-refractivity contribution in [1.29, 1.82) is 0 Å². The maximum atomic E-state index is 4.43. The van der Waals surface area contributed by atoms with Gasteiger partial charge in [0.05, 0.1) is 11.7 Å². The molecule has 80 valence electrons. The molecule has 0 fully saturated rings. The molecule has 0 bridgehead atoms. The summed E-state index contributed by atoms with van der Waals surface area (Å²) in [6.45, 7) is 0.643. The minimum Gasteiger partial charge on any atom is -0.412 e. The van der Waals surface area contributed by atoms with E-state index in [-0.39, 0.29) is 29.6 Å². The number of benzene rings is 1. The van der Waals surface area contributed by atoms with Crippen molar-refractivity contribution in [2.45, 2.75) is 6.54 Å². The molecular weight excluding hydrogens is 267 g/mol. The van der Waals surface area contributed by atoms with E-state index in [4.69, 9.17) is 0 Å². The number of isothiocyanates is 1. The quantitative estimate of drug-likeness (QED) is 0.336. The first-order valence-electron chi connectivity index (χ1n) is 4.17. The number of hydrogen-bond acceptors (Lipinski definition) is 4. The summed E-state index contributed by atoms with van der Waals surface area (Å²) in [6.07, 6.45) is 0. The maximum absolute atomic E-state index is 4.43. The predicted molar refractivity (Wildman–Crippen MR) is 74.2 cm³/mol. The van der Waals surface area contributed by atoms with E-state index in [1.807, 2.05) is 30.3 Å². The van der Waals surface area contributed by atoms with E-state index in [1.54, 1.807) is 7.05 Å². The summed E-state index contributed by atoms with van der Waals surface area (Å²) in [7, 11) is 1.70. The van der Waals surface area contributed by atoms with Crippen LogP contribution in [0.25, 0.3) is 0 Å². The molecule has 1 aromatic rings. The van der Waals surface area contributed by atoms with E-state index >= 15 is 0 Å². The monoisotopic (exact) mass is 278 g/mol. The predicted octanol–water partition coefficient (Wildman–Crippen LogP) is -0.669. The zero-order chi connectivity index (χ0) is 11.5. The number of thiocarbonyl (C=S) groups is 2. The van der Waals surface area contributed by atoms with Crippen molar-refractivity contribution in [3.05, 3.63) is 35.9 Å². The van der Waals surface area contributed by atoms with Gasteiger partial charge < -0.3 is 30.2 Å². The van der Waals surface area contributed by atoms with E-state index in [1.165, 1.54) is 5.56 Å². The average Bonchev–Trinajstić information content (AvgIpc) is 2.28. The molecule has 0 unspecified atom stereocenters. The fourth-order valence-electron chi connectivity index (χ4n) is 0.707. The molecular formula is C10H11N2NaS3. The van der Waals surface area contributed by atoms with Crippen molar-refractivity contribution in [2.24, 2.45) is 4.99 Å². The standard InChI is InChI=1S/C8H7NS.C2H5NS2.Na/c10-7-9-6-8-4-2-1-3-5-8;1-3-2(4)5;/h1-5H,6H2;1H3,(H2,3,4,5);/q;;+1/p-1. The summed E-state index contributed by atoms with van der Waals surface area (Å²) < 4.78 is 0.421. The molecule has 0 radical (unpaired) electrons. The van der Waals surface area contributed by atoms with Crippen LogP contribution in [0.4, 0.5) is 0 Å². The van der Waals surface area contributed by atoms with Crippen LogP contribution in [0.2, 0.25) is 0 Å². The SMILES string of the molecule is CNC(=S)[S-].S=C=NCc1ccccc1.[Na+]. The number of rotatable bonds is 2. The number of hydrogen-bond donors (Lipinski definition) is 1. The fourth-order valence-corrected chi connectivity index (χ4v) is 0.772. The van der Waals surface area contributed by atoms with Gasteiger partial charge in [-0.2, -0.15) is 0 Å². The molecule has 0 spiro atoms. The molecule has 0 aliphatic carbocycles. The van der Waals surface area contributed by atoms with Crippen molar-refractivity contribution < 1.29 is 29.6 Å². The average molecular weight is 278 g/mol. The van der Waals surface area contributed by atoms with Gasteiger partial charge in [0, 0.05) is 7.05 Å². The Morgan fingerprint density at radius 2 is 1.94 bits per heavy atom. The van der Waals surface area contributed by atoms with Crippen LogP contribution >= 0.6 is 24.4 Å². The Hall–Kier alpha value is 0.130. The van der Waals surface area contributed by atoms with E-state index < -0.39 is 0 Å². The van der Waals surface area contributed by atoms with Crippen LogP contribution in [0, 0.1) is 0 Å². The van der Waals surface area contributed by atoms with Crippen molar-refractivity contribution in [3.8, 4) is 0 Å². The fraction of sp³-hybridized carbons (Fsp3) is 0.200. The molecule has 0 aliphatic rings. The number of aliphatic imine (C=N–C) groups is 1. The largest absolute Gasteiger partial charge is 1.00 e. The first-order valence-corrected chi connectivity index (χ1v) is 5.39. The van der Waals surface area contributed by atoms with Gasteiger partial charge in [-0.3, -0.25) is 0 Å². The summed E-state index contributed by atoms with van der Waals surface area (Å²) >= 11 is 13.2. The molecule has 0 aromatic heterocycles. The van der Waals surface area contributed by atoms with Gasteiger partial charge in [-0.25, -0.2) is 4.99 Å². The third-order valence-electron chi connectivity index (χ3n) is 1.37. The topological polar surface area (TPSA) is 24.4 Å². The molecule has 1 rings (SSSR count). The number of nitrogens with zero attached hydrogens (tertiary/aromatic N) is 1. The van der Waals surface area contributed by atoms with Gasteiger partial charge in [0.2, 0.25) is 0 Å². The van der Waals surface area contributed by atoms with Gasteiger partial charge in [-0.05, 0) is 17.8 Å². The summed E-state index contributed by atoms with van der Waals surface area (Å²) in [5, 5.41) is 4.90. The van der Waals surface area contributed by atoms with E-state index in [0.29, 0.717) is 10.9 Å². The van der Waals surface area contributed by atoms with Gasteiger partial charge in [0.1, 0.15) is 0 Å². The third-order valence-corrected chi connectivity index (χ3v) is 1.91. The van der Waals surface area contributed by atoms with Crippen LogP contribution in [0.1, 0.15) is 5.56 Å². The Balaban J connectivity index is 0. The first-order chi connectivity index (χ1) is 7.20. The smallest absolute Gasteiger partial charge is 0.412 e. The Bertz CT molecular complexity index is 337. The zero-order valence-electron chi connectivity index (χ0n) is 9.27. The van der Waals surface area contributed by atoms with Crippen molar-refractivity contribution in [3.63, 3.8) is 0 Å². The Morgan fingerprint density at radius 1 is 1.44 bits per heavy atom. The second-order valence-electron chi connectivity index (χ2n) is 2.43. The molecule has 16 heavy (non-hydrogen) atoms. The normalized spacial score (nSPS) is 7.31. The van der Waals surface area contributed by atoms with Crippen LogP contribution in [0.15, 0.2) is 35.3 Å². The van der Waals surface area contributed by atoms with E-state index in [0.717, 1.165) is 0 Å². The van der Waals surface area contributed by atoms with Gasteiger partial charge in [-0.1, -0.05) is 34.7 Å². The Kier molecular flexibility index (Phi) is 15.3. The number of nitrogens with one attached hydrogen (secondary N) is 1. The molecule has 2 nitrogen and oxygen atoms in total. The molecule has 0 saturated heterocycles. The Morgan fingerprint density at radius 3 is 2.31 bits per heavy atom. The van der Waals surface area contributed by atoms with Crippen LogP contribution in [0.3, 0.4) is 0 Å². The van der Waals surface area contributed by atoms with Gasteiger partial charge in [0.25, 0.3) is 0 Å². The summed E-state index contributed by atoms with van der Waals surface area (Å²) in [4.78, 5) is 3.81. The maximum Gasteiger partial charge on any atom is 1.00 e. The summed E-state index contributed by atoms with van der Waals surface area (Å²) in [5.41, 5.74) is 1.17. The molecule has 0 heterocycles. The third kappa shape index (κ3) is 12.2. The van der Waals surface area contributed by atoms with Gasteiger partial charge >= 0.3 is 29.6 Å². The zero-order valence-corrected chi connectivity index (χ0v) is 13.7. The molecule has 0 saturated carbocycles. The van der Waals surface area contributed by atoms with Crippen LogP contribution in [-0.2, 0) is 19.2 Å². The minimum absolute atomic E-state index is 0.